The van der Waals surface area contributed by atoms with Crippen LogP contribution in [0.4, 0.5) is 9.18 Å². The maximum Gasteiger partial charge on any atom is 0.317 e. The van der Waals surface area contributed by atoms with E-state index in [4.69, 9.17) is 11.6 Å². The minimum atomic E-state index is -0.386. The molecule has 3 rings (SSSR count). The van der Waals surface area contributed by atoms with E-state index < -0.39 is 0 Å². The summed E-state index contributed by atoms with van der Waals surface area (Å²) in [6.07, 6.45) is 0.967. The normalized spacial score (nSPS) is 14.6. The van der Waals surface area contributed by atoms with Crippen molar-refractivity contribution in [3.8, 4) is 0 Å². The number of carbonyl (C=O) groups excluding carboxylic acids is 1. The van der Waals surface area contributed by atoms with Gasteiger partial charge in [-0.2, -0.15) is 5.10 Å². The van der Waals surface area contributed by atoms with Crippen molar-refractivity contribution >= 4 is 17.6 Å². The first-order valence-corrected chi connectivity index (χ1v) is 8.97. The van der Waals surface area contributed by atoms with Gasteiger partial charge in [0.2, 0.25) is 0 Å². The molecule has 6 nitrogen and oxygen atoms in total. The lowest BCUT2D eigenvalue weighted by Crippen LogP contribution is -2.34. The number of hydrogen-bond donors (Lipinski definition) is 1. The van der Waals surface area contributed by atoms with E-state index in [2.05, 4.69) is 15.3 Å². The molecule has 140 valence electrons. The largest absolute Gasteiger partial charge is 0.332 e. The molecule has 2 heterocycles. The second-order valence-corrected chi connectivity index (χ2v) is 7.12. The van der Waals surface area contributed by atoms with Crippen molar-refractivity contribution in [1.82, 2.24) is 24.9 Å². The summed E-state index contributed by atoms with van der Waals surface area (Å²) < 4.78 is 15.7. The van der Waals surface area contributed by atoms with Gasteiger partial charge < -0.3 is 10.2 Å². The lowest BCUT2D eigenvalue weighted by Gasteiger charge is -2.19. The van der Waals surface area contributed by atoms with Crippen LogP contribution in [0.2, 0.25) is 5.02 Å². The average molecular weight is 380 g/mol. The van der Waals surface area contributed by atoms with Crippen molar-refractivity contribution in [2.75, 3.05) is 20.6 Å². The number of aryl methyl sites for hydroxylation is 1. The Morgan fingerprint density at radius 3 is 2.88 bits per heavy atom. The fraction of sp³-hybridized carbons (Fsp3) is 0.444. The van der Waals surface area contributed by atoms with Gasteiger partial charge in [0.15, 0.2) is 0 Å². The minimum Gasteiger partial charge on any atom is -0.332 e. The van der Waals surface area contributed by atoms with Crippen molar-refractivity contribution in [2.45, 2.75) is 32.6 Å². The lowest BCUT2D eigenvalue weighted by molar-refractivity contribution is 0.217. The highest BCUT2D eigenvalue weighted by molar-refractivity contribution is 6.30. The van der Waals surface area contributed by atoms with Gasteiger partial charge in [-0.25, -0.2) is 9.18 Å². The third kappa shape index (κ3) is 4.53. The third-order valence-electron chi connectivity index (χ3n) is 4.36. The van der Waals surface area contributed by atoms with E-state index in [1.807, 2.05) is 16.8 Å². The molecule has 0 atom stereocenters. The molecule has 1 aromatic carbocycles. The summed E-state index contributed by atoms with van der Waals surface area (Å²) in [5.41, 5.74) is 2.85. The number of hydrogen-bond acceptors (Lipinski definition) is 3. The molecular formula is C18H23ClFN5O. The molecule has 0 unspecified atom stereocenters. The number of carbonyl (C=O) groups is 1. The van der Waals surface area contributed by atoms with Crippen LogP contribution in [0.1, 0.15) is 23.4 Å². The predicted octanol–water partition coefficient (Wildman–Crippen LogP) is 2.85. The highest BCUT2D eigenvalue weighted by atomic mass is 35.5. The van der Waals surface area contributed by atoms with Crippen molar-refractivity contribution in [3.05, 3.63) is 52.1 Å². The fourth-order valence-corrected chi connectivity index (χ4v) is 3.15. The van der Waals surface area contributed by atoms with Crippen LogP contribution in [0.5, 0.6) is 0 Å². The smallest absolute Gasteiger partial charge is 0.317 e. The van der Waals surface area contributed by atoms with Crippen LogP contribution in [-0.2, 0) is 26.2 Å². The molecule has 1 N–H and O–H groups in total. The van der Waals surface area contributed by atoms with E-state index in [1.54, 1.807) is 20.2 Å². The second-order valence-electron chi connectivity index (χ2n) is 6.72. The first-order chi connectivity index (χ1) is 12.4. The molecule has 0 bridgehead atoms. The van der Waals surface area contributed by atoms with Gasteiger partial charge in [0.05, 0.1) is 23.0 Å². The van der Waals surface area contributed by atoms with Crippen LogP contribution in [0.15, 0.2) is 24.3 Å². The van der Waals surface area contributed by atoms with Crippen LogP contribution >= 0.6 is 11.6 Å². The number of rotatable bonds is 4. The summed E-state index contributed by atoms with van der Waals surface area (Å²) >= 11 is 5.76. The highest BCUT2D eigenvalue weighted by Gasteiger charge is 2.17. The van der Waals surface area contributed by atoms with Crippen molar-refractivity contribution in [3.63, 3.8) is 0 Å². The van der Waals surface area contributed by atoms with E-state index in [1.165, 1.54) is 11.0 Å². The van der Waals surface area contributed by atoms with Crippen molar-refractivity contribution in [2.24, 2.45) is 0 Å². The lowest BCUT2D eigenvalue weighted by atomic mass is 10.2. The molecule has 26 heavy (non-hydrogen) atoms. The zero-order valence-electron chi connectivity index (χ0n) is 15.0. The van der Waals surface area contributed by atoms with Gasteiger partial charge >= 0.3 is 6.03 Å². The van der Waals surface area contributed by atoms with E-state index in [9.17, 15) is 9.18 Å². The summed E-state index contributed by atoms with van der Waals surface area (Å²) in [6, 6.07) is 6.83. The molecule has 8 heteroatoms. The summed E-state index contributed by atoms with van der Waals surface area (Å²) in [5, 5.41) is 7.56. The number of nitrogens with zero attached hydrogens (tertiary/aromatic N) is 4. The molecule has 2 aromatic rings. The molecule has 0 spiro atoms. The zero-order valence-corrected chi connectivity index (χ0v) is 15.8. The van der Waals surface area contributed by atoms with Gasteiger partial charge in [-0.3, -0.25) is 9.58 Å². The summed E-state index contributed by atoms with van der Waals surface area (Å²) in [7, 11) is 3.41. The highest BCUT2D eigenvalue weighted by Crippen LogP contribution is 2.19. The van der Waals surface area contributed by atoms with E-state index in [0.717, 1.165) is 43.0 Å². The molecule has 0 aliphatic carbocycles. The molecule has 1 aliphatic rings. The van der Waals surface area contributed by atoms with E-state index in [-0.39, 0.29) is 16.9 Å². The molecule has 0 saturated heterocycles. The zero-order chi connectivity index (χ0) is 18.7. The maximum atomic E-state index is 13.7. The molecule has 0 fully saturated rings. The van der Waals surface area contributed by atoms with Crippen LogP contribution < -0.4 is 5.32 Å². The Kier molecular flexibility index (Phi) is 5.78. The molecule has 0 radical (unpaired) electrons. The Labute approximate surface area is 157 Å². The molecule has 1 aliphatic heterocycles. The summed E-state index contributed by atoms with van der Waals surface area (Å²) in [5.74, 6) is -0.386. The van der Waals surface area contributed by atoms with Crippen LogP contribution in [0.3, 0.4) is 0 Å². The van der Waals surface area contributed by atoms with Crippen LogP contribution in [0, 0.1) is 5.82 Å². The SMILES string of the molecule is CN(C)C(=O)NCc1cc2n(n1)CCCN(Cc1ccc(Cl)c(F)c1)C2. The van der Waals surface area contributed by atoms with Gasteiger partial charge in [-0.05, 0) is 30.2 Å². The quantitative estimate of drug-likeness (QED) is 0.888. The van der Waals surface area contributed by atoms with Gasteiger partial charge in [0.25, 0.3) is 0 Å². The van der Waals surface area contributed by atoms with Gasteiger partial charge in [0.1, 0.15) is 5.82 Å². The maximum absolute atomic E-state index is 13.7. The fourth-order valence-electron chi connectivity index (χ4n) is 3.03. The Morgan fingerprint density at radius 2 is 2.15 bits per heavy atom. The van der Waals surface area contributed by atoms with Crippen molar-refractivity contribution < 1.29 is 9.18 Å². The number of amides is 2. The minimum absolute atomic E-state index is 0.139. The third-order valence-corrected chi connectivity index (χ3v) is 4.67. The molecule has 0 saturated carbocycles. The molecular weight excluding hydrogens is 357 g/mol. The Morgan fingerprint density at radius 1 is 1.35 bits per heavy atom. The Balaban J connectivity index is 1.65. The molecule has 1 aromatic heterocycles. The van der Waals surface area contributed by atoms with Gasteiger partial charge in [-0.1, -0.05) is 17.7 Å². The first kappa shape index (κ1) is 18.7. The van der Waals surface area contributed by atoms with Crippen LogP contribution in [-0.4, -0.2) is 46.3 Å². The monoisotopic (exact) mass is 379 g/mol. The summed E-state index contributed by atoms with van der Waals surface area (Å²) in [6.45, 7) is 3.55. The summed E-state index contributed by atoms with van der Waals surface area (Å²) in [4.78, 5) is 15.4. The number of benzene rings is 1. The number of fused-ring (bicyclic) bond motifs is 1. The Bertz CT molecular complexity index is 792. The van der Waals surface area contributed by atoms with E-state index >= 15 is 0 Å². The molecule has 2 amide bonds. The standard InChI is InChI=1S/C18H23ClFN5O/c1-23(2)18(26)21-10-14-9-15-12-24(6-3-7-25(15)22-14)11-13-4-5-16(19)17(20)8-13/h4-5,8-9H,3,6-7,10-12H2,1-2H3,(H,21,26). The number of nitrogens with one attached hydrogen (secondary N) is 1. The topological polar surface area (TPSA) is 53.4 Å². The number of halogens is 2. The number of urea groups is 1. The van der Waals surface area contributed by atoms with Gasteiger partial charge in [-0.15, -0.1) is 0 Å². The van der Waals surface area contributed by atoms with Gasteiger partial charge in [0, 0.05) is 40.3 Å². The van der Waals surface area contributed by atoms with Crippen LogP contribution in [0.25, 0.3) is 0 Å². The predicted molar refractivity (Wildman–Crippen MR) is 98.3 cm³/mol. The number of aromatic nitrogens is 2. The average Bonchev–Trinajstić information content (AvgIpc) is 2.88. The van der Waals surface area contributed by atoms with Crippen molar-refractivity contribution in [1.29, 1.82) is 0 Å². The second kappa shape index (κ2) is 8.05. The first-order valence-electron chi connectivity index (χ1n) is 8.59. The Hall–Kier alpha value is -2.12. The van der Waals surface area contributed by atoms with E-state index in [0.29, 0.717) is 13.1 Å².